The third-order valence-electron chi connectivity index (χ3n) is 9.60. The minimum atomic E-state index is -0.435. The molecule has 0 fully saturated rings. The van der Waals surface area contributed by atoms with Crippen molar-refractivity contribution >= 4 is 46.4 Å². The van der Waals surface area contributed by atoms with Gasteiger partial charge in [-0.25, -0.2) is 9.80 Å². The van der Waals surface area contributed by atoms with Crippen LogP contribution in [0.4, 0.5) is 22.7 Å². The third-order valence-corrected chi connectivity index (χ3v) is 9.60. The number of nitrogens with two attached hydrogens (primary N) is 2. The highest BCUT2D eigenvalue weighted by Crippen LogP contribution is 2.37. The van der Waals surface area contributed by atoms with E-state index in [0.717, 1.165) is 20.9 Å². The quantitative estimate of drug-likeness (QED) is 0.119. The Labute approximate surface area is 304 Å². The first kappa shape index (κ1) is 33.0. The van der Waals surface area contributed by atoms with Gasteiger partial charge < -0.3 is 20.9 Å². The summed E-state index contributed by atoms with van der Waals surface area (Å²) in [6.45, 7) is 4.23. The molecule has 6 aromatic rings. The SMILES string of the molecule is CC(C)(c1ccc(Oc2ccc3c(c2)C(=O)N(c2cccc(N)c2)C3=O)cc1)c1ccc(Oc2ccc3c(c2)C(=O)N(c2cccc(N)c2)C3=O)cc1. The Morgan fingerprint density at radius 1 is 0.434 bits per heavy atom. The summed E-state index contributed by atoms with van der Waals surface area (Å²) in [4.78, 5) is 54.8. The summed E-state index contributed by atoms with van der Waals surface area (Å²) in [6.07, 6.45) is 0. The van der Waals surface area contributed by atoms with Crippen LogP contribution in [-0.2, 0) is 5.41 Å². The molecule has 0 bridgehead atoms. The van der Waals surface area contributed by atoms with Gasteiger partial charge in [0.05, 0.1) is 33.6 Å². The van der Waals surface area contributed by atoms with Crippen molar-refractivity contribution in [3.8, 4) is 23.0 Å². The van der Waals surface area contributed by atoms with Crippen LogP contribution in [0.15, 0.2) is 133 Å². The number of fused-ring (bicyclic) bond motifs is 2. The molecule has 2 aliphatic heterocycles. The van der Waals surface area contributed by atoms with Gasteiger partial charge in [-0.15, -0.1) is 0 Å². The molecule has 8 rings (SSSR count). The fourth-order valence-electron chi connectivity index (χ4n) is 6.68. The summed E-state index contributed by atoms with van der Waals surface area (Å²) in [6, 6.07) is 38.4. The van der Waals surface area contributed by atoms with Gasteiger partial charge in [0.15, 0.2) is 0 Å². The van der Waals surface area contributed by atoms with Crippen LogP contribution in [0.2, 0.25) is 0 Å². The molecule has 2 heterocycles. The number of carbonyl (C=O) groups excluding carboxylic acids is 4. The van der Waals surface area contributed by atoms with Gasteiger partial charge in [-0.3, -0.25) is 19.2 Å². The Bertz CT molecular complexity index is 2320. The lowest BCUT2D eigenvalue weighted by atomic mass is 9.78. The average Bonchev–Trinajstić information content (AvgIpc) is 3.55. The average molecular weight is 701 g/mol. The lowest BCUT2D eigenvalue weighted by Crippen LogP contribution is -2.29. The number of carbonyl (C=O) groups is 4. The van der Waals surface area contributed by atoms with E-state index in [-0.39, 0.29) is 16.5 Å². The maximum atomic E-state index is 13.2. The van der Waals surface area contributed by atoms with Gasteiger partial charge in [-0.2, -0.15) is 0 Å². The number of benzene rings is 6. The summed E-state index contributed by atoms with van der Waals surface area (Å²) >= 11 is 0. The predicted molar refractivity (Wildman–Crippen MR) is 202 cm³/mol. The van der Waals surface area contributed by atoms with Gasteiger partial charge in [0.2, 0.25) is 0 Å². The smallest absolute Gasteiger partial charge is 0.266 e. The van der Waals surface area contributed by atoms with Crippen LogP contribution < -0.4 is 30.7 Å². The normalized spacial score (nSPS) is 13.7. The molecule has 4 amide bonds. The van der Waals surface area contributed by atoms with Crippen molar-refractivity contribution in [3.63, 3.8) is 0 Å². The molecule has 6 aromatic carbocycles. The number of imide groups is 2. The minimum absolute atomic E-state index is 0.264. The van der Waals surface area contributed by atoms with Crippen LogP contribution >= 0.6 is 0 Å². The molecule has 0 saturated heterocycles. The van der Waals surface area contributed by atoms with Crippen LogP contribution in [0, 0.1) is 0 Å². The summed E-state index contributed by atoms with van der Waals surface area (Å²) in [5.74, 6) is 0.317. The van der Waals surface area contributed by atoms with Crippen LogP contribution in [-0.4, -0.2) is 23.6 Å². The highest BCUT2D eigenvalue weighted by molar-refractivity contribution is 6.35. The van der Waals surface area contributed by atoms with Gasteiger partial charge in [0, 0.05) is 16.8 Å². The first-order chi connectivity index (χ1) is 25.5. The lowest BCUT2D eigenvalue weighted by Gasteiger charge is -2.26. The standard InChI is InChI=1S/C43H32N4O6/c1-43(2,25-9-13-31(14-10-25)52-33-17-19-35-37(23-33)41(50)46(39(35)48)29-7-3-5-27(44)21-29)26-11-15-32(16-12-26)53-34-18-20-36-38(24-34)42(51)47(40(36)49)30-8-4-6-28(45)22-30/h3-24H,44-45H2,1-2H3. The van der Waals surface area contributed by atoms with Gasteiger partial charge in [0.25, 0.3) is 23.6 Å². The molecule has 4 N–H and O–H groups in total. The fraction of sp³-hybridized carbons (Fsp3) is 0.0698. The molecule has 0 spiro atoms. The van der Waals surface area contributed by atoms with Crippen molar-refractivity contribution in [2.45, 2.75) is 19.3 Å². The molecule has 0 aliphatic carbocycles. The largest absolute Gasteiger partial charge is 0.457 e. The van der Waals surface area contributed by atoms with Crippen molar-refractivity contribution in [1.29, 1.82) is 0 Å². The monoisotopic (exact) mass is 700 g/mol. The Hall–Kier alpha value is -7.20. The Balaban J connectivity index is 0.939. The van der Waals surface area contributed by atoms with Crippen molar-refractivity contribution in [3.05, 3.63) is 167 Å². The van der Waals surface area contributed by atoms with E-state index in [9.17, 15) is 19.2 Å². The number of ether oxygens (including phenoxy) is 2. The number of anilines is 4. The number of amides is 4. The molecule has 53 heavy (non-hydrogen) atoms. The lowest BCUT2D eigenvalue weighted by molar-refractivity contribution is 0.0910. The number of nitrogens with zero attached hydrogens (tertiary/aromatic N) is 2. The van der Waals surface area contributed by atoms with E-state index in [1.165, 1.54) is 0 Å². The molecule has 260 valence electrons. The maximum Gasteiger partial charge on any atom is 0.266 e. The van der Waals surface area contributed by atoms with Crippen LogP contribution in [0.25, 0.3) is 0 Å². The first-order valence-electron chi connectivity index (χ1n) is 16.8. The van der Waals surface area contributed by atoms with Crippen LogP contribution in [0.3, 0.4) is 0 Å². The van der Waals surface area contributed by atoms with E-state index in [0.29, 0.717) is 56.9 Å². The Morgan fingerprint density at radius 3 is 1.17 bits per heavy atom. The number of rotatable bonds is 8. The number of nitrogen functional groups attached to an aromatic ring is 2. The fourth-order valence-corrected chi connectivity index (χ4v) is 6.68. The Kier molecular flexibility index (Phi) is 7.80. The molecule has 10 nitrogen and oxygen atoms in total. The molecule has 0 saturated carbocycles. The van der Waals surface area contributed by atoms with E-state index in [4.69, 9.17) is 20.9 Å². The van der Waals surface area contributed by atoms with Crippen molar-refractivity contribution in [2.24, 2.45) is 0 Å². The van der Waals surface area contributed by atoms with Crippen molar-refractivity contribution < 1.29 is 28.7 Å². The first-order valence-corrected chi connectivity index (χ1v) is 16.8. The highest BCUT2D eigenvalue weighted by Gasteiger charge is 2.38. The molecule has 0 unspecified atom stereocenters. The molecule has 2 aliphatic rings. The van der Waals surface area contributed by atoms with E-state index in [2.05, 4.69) is 13.8 Å². The summed E-state index contributed by atoms with van der Waals surface area (Å²) in [5.41, 5.74) is 16.3. The molecule has 10 heteroatoms. The van der Waals surface area contributed by atoms with E-state index in [1.54, 1.807) is 84.9 Å². The van der Waals surface area contributed by atoms with E-state index >= 15 is 0 Å². The summed E-state index contributed by atoms with van der Waals surface area (Å²) in [5, 5.41) is 0. The maximum absolute atomic E-state index is 13.2. The molecule has 0 aromatic heterocycles. The number of hydrogen-bond acceptors (Lipinski definition) is 8. The zero-order chi connectivity index (χ0) is 37.0. The van der Waals surface area contributed by atoms with E-state index in [1.807, 2.05) is 48.5 Å². The molecular formula is C43H32N4O6. The second kappa shape index (κ2) is 12.5. The molecule has 0 atom stereocenters. The molecular weight excluding hydrogens is 668 g/mol. The van der Waals surface area contributed by atoms with Gasteiger partial charge in [-0.1, -0.05) is 50.2 Å². The summed E-state index contributed by atoms with van der Waals surface area (Å²) in [7, 11) is 0. The van der Waals surface area contributed by atoms with Gasteiger partial charge >= 0.3 is 0 Å². The number of hydrogen-bond donors (Lipinski definition) is 2. The topological polar surface area (TPSA) is 145 Å². The van der Waals surface area contributed by atoms with Gasteiger partial charge in [-0.05, 0) is 108 Å². The van der Waals surface area contributed by atoms with Crippen molar-refractivity contribution in [2.75, 3.05) is 21.3 Å². The minimum Gasteiger partial charge on any atom is -0.457 e. The highest BCUT2D eigenvalue weighted by atomic mass is 16.5. The van der Waals surface area contributed by atoms with Crippen LogP contribution in [0.1, 0.15) is 66.4 Å². The van der Waals surface area contributed by atoms with Crippen LogP contribution in [0.5, 0.6) is 23.0 Å². The zero-order valence-corrected chi connectivity index (χ0v) is 28.7. The Morgan fingerprint density at radius 2 is 0.792 bits per heavy atom. The molecule has 0 radical (unpaired) electrons. The van der Waals surface area contributed by atoms with Gasteiger partial charge in [0.1, 0.15) is 23.0 Å². The second-order valence-corrected chi connectivity index (χ2v) is 13.4. The van der Waals surface area contributed by atoms with Crippen molar-refractivity contribution in [1.82, 2.24) is 0 Å². The summed E-state index contributed by atoms with van der Waals surface area (Å²) < 4.78 is 12.2. The zero-order valence-electron chi connectivity index (χ0n) is 28.7. The second-order valence-electron chi connectivity index (χ2n) is 13.4. The predicted octanol–water partition coefficient (Wildman–Crippen LogP) is 8.36. The third kappa shape index (κ3) is 5.81. The van der Waals surface area contributed by atoms with E-state index < -0.39 is 23.6 Å².